The Morgan fingerprint density at radius 2 is 2.14 bits per heavy atom. The third kappa shape index (κ3) is 5.76. The van der Waals surface area contributed by atoms with Crippen LogP contribution >= 0.6 is 0 Å². The van der Waals surface area contributed by atoms with Crippen molar-refractivity contribution in [2.24, 2.45) is 5.41 Å². The molecular formula is C14H21N3O4. The molecule has 1 aromatic heterocycles. The predicted molar refractivity (Wildman–Crippen MR) is 79.4 cm³/mol. The van der Waals surface area contributed by atoms with Crippen LogP contribution in [0.3, 0.4) is 0 Å². The number of carboxylic acids is 1. The normalized spacial score (nSPS) is 11.2. The van der Waals surface area contributed by atoms with Gasteiger partial charge in [-0.3, -0.25) is 14.9 Å². The fourth-order valence-electron chi connectivity index (χ4n) is 1.94. The maximum atomic E-state index is 10.7. The van der Waals surface area contributed by atoms with E-state index in [2.05, 4.69) is 10.3 Å². The number of hydrogen-bond acceptors (Lipinski definition) is 5. The molecule has 0 spiro atoms. The van der Waals surface area contributed by atoms with Crippen LogP contribution in [-0.2, 0) is 4.79 Å². The lowest BCUT2D eigenvalue weighted by molar-refractivity contribution is -0.385. The molecule has 0 saturated heterocycles. The van der Waals surface area contributed by atoms with Crippen LogP contribution in [0.25, 0.3) is 0 Å². The van der Waals surface area contributed by atoms with Gasteiger partial charge in [0.1, 0.15) is 12.0 Å². The largest absolute Gasteiger partial charge is 0.481 e. The first kappa shape index (κ1) is 16.9. The fraction of sp³-hybridized carbons (Fsp3) is 0.571. The number of nitro groups is 1. The molecule has 0 amide bonds. The molecule has 0 aromatic carbocycles. The van der Waals surface area contributed by atoms with Crippen molar-refractivity contribution in [1.82, 2.24) is 4.98 Å². The van der Waals surface area contributed by atoms with E-state index in [1.807, 2.05) is 13.8 Å². The van der Waals surface area contributed by atoms with Gasteiger partial charge in [0.15, 0.2) is 0 Å². The zero-order chi connectivity index (χ0) is 16.0. The van der Waals surface area contributed by atoms with Gasteiger partial charge in [-0.1, -0.05) is 13.8 Å². The average molecular weight is 295 g/mol. The van der Waals surface area contributed by atoms with Gasteiger partial charge in [0.25, 0.3) is 5.69 Å². The van der Waals surface area contributed by atoms with Gasteiger partial charge in [-0.15, -0.1) is 0 Å². The minimum Gasteiger partial charge on any atom is -0.481 e. The third-order valence-electron chi connectivity index (χ3n) is 3.40. The first-order valence-corrected chi connectivity index (χ1v) is 6.78. The molecule has 1 heterocycles. The molecule has 116 valence electrons. The number of pyridine rings is 1. The van der Waals surface area contributed by atoms with Crippen LogP contribution in [-0.4, -0.2) is 27.5 Å². The highest BCUT2D eigenvalue weighted by atomic mass is 16.6. The minimum atomic E-state index is -0.788. The molecule has 0 saturated carbocycles. The molecule has 1 aromatic rings. The Labute approximate surface area is 123 Å². The van der Waals surface area contributed by atoms with E-state index in [-0.39, 0.29) is 17.5 Å². The number of aryl methyl sites for hydroxylation is 1. The van der Waals surface area contributed by atoms with E-state index >= 15 is 0 Å². The number of rotatable bonds is 8. The molecule has 0 aliphatic carbocycles. The SMILES string of the molecule is Cc1cc(NCCC(C)(C)CCC(=O)O)ncc1[N+](=O)[O-]. The summed E-state index contributed by atoms with van der Waals surface area (Å²) < 4.78 is 0. The van der Waals surface area contributed by atoms with Crippen molar-refractivity contribution in [3.05, 3.63) is 27.9 Å². The highest BCUT2D eigenvalue weighted by Crippen LogP contribution is 2.27. The van der Waals surface area contributed by atoms with Gasteiger partial charge in [0.2, 0.25) is 0 Å². The van der Waals surface area contributed by atoms with Gasteiger partial charge >= 0.3 is 5.97 Å². The molecule has 0 bridgehead atoms. The van der Waals surface area contributed by atoms with Gasteiger partial charge in [-0.2, -0.15) is 0 Å². The number of anilines is 1. The van der Waals surface area contributed by atoms with Crippen molar-refractivity contribution in [2.45, 2.75) is 40.0 Å². The van der Waals surface area contributed by atoms with Crippen molar-refractivity contribution in [3.8, 4) is 0 Å². The summed E-state index contributed by atoms with van der Waals surface area (Å²) in [5, 5.41) is 22.5. The van der Waals surface area contributed by atoms with Crippen LogP contribution in [0.5, 0.6) is 0 Å². The second-order valence-corrected chi connectivity index (χ2v) is 5.85. The molecule has 0 radical (unpaired) electrons. The van der Waals surface area contributed by atoms with E-state index in [9.17, 15) is 14.9 Å². The molecule has 0 atom stereocenters. The van der Waals surface area contributed by atoms with Crippen LogP contribution in [0, 0.1) is 22.5 Å². The fourth-order valence-corrected chi connectivity index (χ4v) is 1.94. The molecule has 0 unspecified atom stereocenters. The minimum absolute atomic E-state index is 0.00216. The molecular weight excluding hydrogens is 274 g/mol. The van der Waals surface area contributed by atoms with Gasteiger partial charge < -0.3 is 10.4 Å². The summed E-state index contributed by atoms with van der Waals surface area (Å²) in [7, 11) is 0. The standard InChI is InChI=1S/C14H21N3O4/c1-10-8-12(16-9-11(10)17(20)21)15-7-6-14(2,3)5-4-13(18)19/h8-9H,4-7H2,1-3H3,(H,15,16)(H,18,19). The van der Waals surface area contributed by atoms with E-state index in [1.54, 1.807) is 13.0 Å². The third-order valence-corrected chi connectivity index (χ3v) is 3.40. The van der Waals surface area contributed by atoms with Gasteiger partial charge in [0.05, 0.1) is 4.92 Å². The summed E-state index contributed by atoms with van der Waals surface area (Å²) in [4.78, 5) is 24.8. The zero-order valence-corrected chi connectivity index (χ0v) is 12.5. The van der Waals surface area contributed by atoms with E-state index in [0.717, 1.165) is 6.42 Å². The van der Waals surface area contributed by atoms with Gasteiger partial charge in [-0.25, -0.2) is 4.98 Å². The monoisotopic (exact) mass is 295 g/mol. The molecule has 0 aliphatic heterocycles. The van der Waals surface area contributed by atoms with Gasteiger partial charge in [0, 0.05) is 18.5 Å². The summed E-state index contributed by atoms with van der Waals surface area (Å²) in [5.74, 6) is -0.198. The molecule has 2 N–H and O–H groups in total. The highest BCUT2D eigenvalue weighted by Gasteiger charge is 2.19. The Hall–Kier alpha value is -2.18. The van der Waals surface area contributed by atoms with Crippen LogP contribution in [0.2, 0.25) is 0 Å². The van der Waals surface area contributed by atoms with E-state index < -0.39 is 10.9 Å². The summed E-state index contributed by atoms with van der Waals surface area (Å²) in [5.41, 5.74) is 0.478. The van der Waals surface area contributed by atoms with Gasteiger partial charge in [-0.05, 0) is 31.2 Å². The molecule has 1 rings (SSSR count). The van der Waals surface area contributed by atoms with Crippen LogP contribution in [0.4, 0.5) is 11.5 Å². The Bertz CT molecular complexity index is 529. The average Bonchev–Trinajstić information content (AvgIpc) is 2.36. The Kier molecular flexibility index (Phi) is 5.63. The summed E-state index contributed by atoms with van der Waals surface area (Å²) in [6.45, 7) is 6.34. The van der Waals surface area contributed by atoms with Crippen molar-refractivity contribution in [2.75, 3.05) is 11.9 Å². The molecule has 7 heteroatoms. The summed E-state index contributed by atoms with van der Waals surface area (Å²) >= 11 is 0. The van der Waals surface area contributed by atoms with E-state index in [1.165, 1.54) is 6.20 Å². The lowest BCUT2D eigenvalue weighted by atomic mass is 9.84. The lowest BCUT2D eigenvalue weighted by Gasteiger charge is -2.24. The van der Waals surface area contributed by atoms with Crippen molar-refractivity contribution in [3.63, 3.8) is 0 Å². The first-order chi connectivity index (χ1) is 9.71. The number of hydrogen-bond donors (Lipinski definition) is 2. The van der Waals surface area contributed by atoms with Crippen molar-refractivity contribution in [1.29, 1.82) is 0 Å². The number of aromatic nitrogens is 1. The second kappa shape index (κ2) is 7.01. The smallest absolute Gasteiger partial charge is 0.303 e. The van der Waals surface area contributed by atoms with Crippen LogP contribution in [0.15, 0.2) is 12.3 Å². The number of carboxylic acid groups (broad SMARTS) is 1. The topological polar surface area (TPSA) is 105 Å². The summed E-state index contributed by atoms with van der Waals surface area (Å²) in [6.07, 6.45) is 2.80. The Balaban J connectivity index is 2.50. The van der Waals surface area contributed by atoms with E-state index in [4.69, 9.17) is 5.11 Å². The number of nitrogens with one attached hydrogen (secondary N) is 1. The zero-order valence-electron chi connectivity index (χ0n) is 12.5. The Morgan fingerprint density at radius 1 is 1.48 bits per heavy atom. The number of aliphatic carboxylic acids is 1. The quantitative estimate of drug-likeness (QED) is 0.564. The van der Waals surface area contributed by atoms with Crippen molar-refractivity contribution < 1.29 is 14.8 Å². The van der Waals surface area contributed by atoms with Crippen LogP contribution in [0.1, 0.15) is 38.7 Å². The summed E-state index contributed by atoms with van der Waals surface area (Å²) in [6, 6.07) is 1.64. The number of nitrogens with zero attached hydrogens (tertiary/aromatic N) is 2. The Morgan fingerprint density at radius 3 is 2.67 bits per heavy atom. The second-order valence-electron chi connectivity index (χ2n) is 5.85. The lowest BCUT2D eigenvalue weighted by Crippen LogP contribution is -2.18. The molecule has 0 aliphatic rings. The van der Waals surface area contributed by atoms with Crippen molar-refractivity contribution >= 4 is 17.5 Å². The maximum absolute atomic E-state index is 10.7. The van der Waals surface area contributed by atoms with Crippen LogP contribution < -0.4 is 5.32 Å². The molecule has 0 fully saturated rings. The first-order valence-electron chi connectivity index (χ1n) is 6.78. The maximum Gasteiger partial charge on any atom is 0.303 e. The number of carbonyl (C=O) groups is 1. The molecule has 7 nitrogen and oxygen atoms in total. The van der Waals surface area contributed by atoms with E-state index in [0.29, 0.717) is 24.3 Å². The highest BCUT2D eigenvalue weighted by molar-refractivity contribution is 5.66. The molecule has 21 heavy (non-hydrogen) atoms. The predicted octanol–water partition coefficient (Wildman–Crippen LogP) is 2.99.